The molecule has 1 fully saturated rings. The molecule has 0 radical (unpaired) electrons. The van der Waals surface area contributed by atoms with E-state index in [0.29, 0.717) is 31.9 Å². The van der Waals surface area contributed by atoms with Crippen LogP contribution in [0.15, 0.2) is 30.5 Å². The lowest BCUT2D eigenvalue weighted by Crippen LogP contribution is -2.35. The lowest BCUT2D eigenvalue weighted by molar-refractivity contribution is 0.0765. The molecule has 0 bridgehead atoms. The molecule has 8 nitrogen and oxygen atoms in total. The zero-order valence-electron chi connectivity index (χ0n) is 14.0. The highest BCUT2D eigenvalue weighted by Crippen LogP contribution is 2.25. The van der Waals surface area contributed by atoms with Crippen molar-refractivity contribution in [3.63, 3.8) is 0 Å². The molecule has 3 rings (SSSR count). The fraction of sp³-hybridized carbons (Fsp3) is 0.438. The first-order valence-electron chi connectivity index (χ1n) is 8.18. The fourth-order valence-electron chi connectivity index (χ4n) is 3.00. The molecule has 9 heteroatoms. The van der Waals surface area contributed by atoms with Crippen LogP contribution in [-0.2, 0) is 6.54 Å². The SMILES string of the molecule is CN(CC1CNNC1c1ccc(F)cc1)C(=O)c1cn(CCN)nn1. The summed E-state index contributed by atoms with van der Waals surface area (Å²) in [4.78, 5) is 14.2. The maximum absolute atomic E-state index is 13.1. The van der Waals surface area contributed by atoms with E-state index in [4.69, 9.17) is 5.73 Å². The standard InChI is InChI=1S/C16H22FN7O/c1-23(16(25)14-10-24(7-6-18)22-20-14)9-12-8-19-21-15(12)11-2-4-13(17)5-3-11/h2-5,10,12,15,19,21H,6-9,18H2,1H3. The van der Waals surface area contributed by atoms with Gasteiger partial charge < -0.3 is 10.6 Å². The summed E-state index contributed by atoms with van der Waals surface area (Å²) in [5, 5.41) is 7.80. The number of nitrogens with one attached hydrogen (secondary N) is 2. The minimum Gasteiger partial charge on any atom is -0.340 e. The normalized spacial score (nSPS) is 20.0. The van der Waals surface area contributed by atoms with Crippen LogP contribution >= 0.6 is 0 Å². The molecule has 2 unspecified atom stereocenters. The van der Waals surface area contributed by atoms with E-state index in [0.717, 1.165) is 5.56 Å². The smallest absolute Gasteiger partial charge is 0.275 e. The van der Waals surface area contributed by atoms with Crippen molar-refractivity contribution in [2.45, 2.75) is 12.6 Å². The van der Waals surface area contributed by atoms with Gasteiger partial charge in [0.25, 0.3) is 5.91 Å². The summed E-state index contributed by atoms with van der Waals surface area (Å²) in [6.45, 7) is 2.20. The summed E-state index contributed by atoms with van der Waals surface area (Å²) in [5.41, 5.74) is 13.1. The molecule has 2 heterocycles. The van der Waals surface area contributed by atoms with E-state index in [2.05, 4.69) is 21.2 Å². The highest BCUT2D eigenvalue weighted by Gasteiger charge is 2.30. The third-order valence-corrected chi connectivity index (χ3v) is 4.29. The van der Waals surface area contributed by atoms with Crippen LogP contribution < -0.4 is 16.6 Å². The second kappa shape index (κ2) is 7.68. The Morgan fingerprint density at radius 3 is 2.92 bits per heavy atom. The number of carbonyl (C=O) groups is 1. The molecular weight excluding hydrogens is 325 g/mol. The first-order chi connectivity index (χ1) is 12.1. The summed E-state index contributed by atoms with van der Waals surface area (Å²) in [5.74, 6) is -0.300. The Hall–Kier alpha value is -2.36. The van der Waals surface area contributed by atoms with Gasteiger partial charge in [0.05, 0.1) is 18.8 Å². The minimum atomic E-state index is -0.265. The molecule has 1 saturated heterocycles. The average molecular weight is 347 g/mol. The van der Waals surface area contributed by atoms with E-state index >= 15 is 0 Å². The van der Waals surface area contributed by atoms with Crippen molar-refractivity contribution in [1.82, 2.24) is 30.7 Å². The van der Waals surface area contributed by atoms with E-state index in [-0.39, 0.29) is 23.7 Å². The first-order valence-corrected chi connectivity index (χ1v) is 8.18. The Labute approximate surface area is 145 Å². The number of nitrogens with zero attached hydrogens (tertiary/aromatic N) is 4. The second-order valence-electron chi connectivity index (χ2n) is 6.16. The van der Waals surface area contributed by atoms with E-state index in [1.807, 2.05) is 0 Å². The van der Waals surface area contributed by atoms with Crippen LogP contribution in [-0.4, -0.2) is 52.5 Å². The largest absolute Gasteiger partial charge is 0.340 e. The molecule has 4 N–H and O–H groups in total. The average Bonchev–Trinajstić information content (AvgIpc) is 3.25. The minimum absolute atomic E-state index is 0.00349. The van der Waals surface area contributed by atoms with Gasteiger partial charge in [-0.05, 0) is 17.7 Å². The van der Waals surface area contributed by atoms with Crippen molar-refractivity contribution < 1.29 is 9.18 Å². The summed E-state index contributed by atoms with van der Waals surface area (Å²) in [6.07, 6.45) is 1.61. The number of hydrogen-bond donors (Lipinski definition) is 3. The van der Waals surface area contributed by atoms with Gasteiger partial charge in [-0.3, -0.25) is 14.9 Å². The van der Waals surface area contributed by atoms with Gasteiger partial charge >= 0.3 is 0 Å². The third kappa shape index (κ3) is 4.01. The van der Waals surface area contributed by atoms with Crippen molar-refractivity contribution in [3.05, 3.63) is 47.5 Å². The van der Waals surface area contributed by atoms with Crippen LogP contribution in [0.5, 0.6) is 0 Å². The number of halogens is 1. The Morgan fingerprint density at radius 2 is 2.20 bits per heavy atom. The zero-order chi connectivity index (χ0) is 17.8. The predicted octanol–water partition coefficient (Wildman–Crippen LogP) is -0.0868. The molecule has 1 aliphatic heterocycles. The Balaban J connectivity index is 1.65. The third-order valence-electron chi connectivity index (χ3n) is 4.29. The van der Waals surface area contributed by atoms with Gasteiger partial charge in [0.15, 0.2) is 5.69 Å². The summed E-state index contributed by atoms with van der Waals surface area (Å²) in [6, 6.07) is 6.40. The quantitative estimate of drug-likeness (QED) is 0.675. The molecule has 0 aliphatic carbocycles. The van der Waals surface area contributed by atoms with Crippen molar-refractivity contribution >= 4 is 5.91 Å². The van der Waals surface area contributed by atoms with Crippen molar-refractivity contribution in [1.29, 1.82) is 0 Å². The summed E-state index contributed by atoms with van der Waals surface area (Å²) >= 11 is 0. The predicted molar refractivity (Wildman–Crippen MR) is 89.8 cm³/mol. The Morgan fingerprint density at radius 1 is 1.44 bits per heavy atom. The maximum Gasteiger partial charge on any atom is 0.275 e. The Bertz CT molecular complexity index is 718. The van der Waals surface area contributed by atoms with Gasteiger partial charge in [0.1, 0.15) is 5.82 Å². The van der Waals surface area contributed by atoms with Crippen molar-refractivity contribution in [3.8, 4) is 0 Å². The highest BCUT2D eigenvalue weighted by atomic mass is 19.1. The highest BCUT2D eigenvalue weighted by molar-refractivity contribution is 5.91. The number of rotatable bonds is 6. The number of hydrazine groups is 1. The maximum atomic E-state index is 13.1. The summed E-state index contributed by atoms with van der Waals surface area (Å²) in [7, 11) is 1.74. The fourth-order valence-corrected chi connectivity index (χ4v) is 3.00. The van der Waals surface area contributed by atoms with Gasteiger partial charge in [-0.2, -0.15) is 0 Å². The van der Waals surface area contributed by atoms with E-state index < -0.39 is 0 Å². The van der Waals surface area contributed by atoms with E-state index in [1.165, 1.54) is 12.1 Å². The lowest BCUT2D eigenvalue weighted by atomic mass is 9.94. The Kier molecular flexibility index (Phi) is 5.37. The number of benzene rings is 1. The number of amides is 1. The van der Waals surface area contributed by atoms with Crippen LogP contribution in [0.2, 0.25) is 0 Å². The molecule has 1 aliphatic rings. The second-order valence-corrected chi connectivity index (χ2v) is 6.16. The van der Waals surface area contributed by atoms with Gasteiger partial charge in [-0.25, -0.2) is 9.82 Å². The molecule has 2 aromatic rings. The van der Waals surface area contributed by atoms with Crippen LogP contribution in [0, 0.1) is 11.7 Å². The van der Waals surface area contributed by atoms with Crippen molar-refractivity contribution in [2.24, 2.45) is 11.7 Å². The molecular formula is C16H22FN7O. The van der Waals surface area contributed by atoms with Crippen LogP contribution in [0.4, 0.5) is 4.39 Å². The van der Waals surface area contributed by atoms with E-state index in [1.54, 1.807) is 35.0 Å². The van der Waals surface area contributed by atoms with Gasteiger partial charge in [-0.1, -0.05) is 17.3 Å². The zero-order valence-corrected chi connectivity index (χ0v) is 14.0. The molecule has 1 aromatic carbocycles. The first kappa shape index (κ1) is 17.5. The van der Waals surface area contributed by atoms with Gasteiger partial charge in [0.2, 0.25) is 0 Å². The number of carbonyl (C=O) groups excluding carboxylic acids is 1. The van der Waals surface area contributed by atoms with E-state index in [9.17, 15) is 9.18 Å². The number of aromatic nitrogens is 3. The number of hydrogen-bond acceptors (Lipinski definition) is 6. The number of nitrogens with two attached hydrogens (primary N) is 1. The van der Waals surface area contributed by atoms with Crippen LogP contribution in [0.25, 0.3) is 0 Å². The monoisotopic (exact) mass is 347 g/mol. The van der Waals surface area contributed by atoms with Crippen molar-refractivity contribution in [2.75, 3.05) is 26.7 Å². The molecule has 134 valence electrons. The van der Waals surface area contributed by atoms with Gasteiger partial charge in [0, 0.05) is 32.6 Å². The van der Waals surface area contributed by atoms with Crippen LogP contribution in [0.3, 0.4) is 0 Å². The molecule has 1 aromatic heterocycles. The molecule has 2 atom stereocenters. The van der Waals surface area contributed by atoms with Gasteiger partial charge in [-0.15, -0.1) is 5.10 Å². The lowest BCUT2D eigenvalue weighted by Gasteiger charge is -2.24. The molecule has 0 spiro atoms. The topological polar surface area (TPSA) is 101 Å². The molecule has 1 amide bonds. The molecule has 0 saturated carbocycles. The summed E-state index contributed by atoms with van der Waals surface area (Å²) < 4.78 is 14.7. The molecule has 25 heavy (non-hydrogen) atoms. The van der Waals surface area contributed by atoms with Crippen LogP contribution in [0.1, 0.15) is 22.1 Å².